The number of carbonyl (C=O) groups is 1. The van der Waals surface area contributed by atoms with E-state index in [1.807, 2.05) is 0 Å². The quantitative estimate of drug-likeness (QED) is 0.370. The zero-order chi connectivity index (χ0) is 14.5. The maximum absolute atomic E-state index is 12.0. The number of rotatable bonds is 4. The Morgan fingerprint density at radius 2 is 1.85 bits per heavy atom. The van der Waals surface area contributed by atoms with E-state index in [1.165, 1.54) is 19.2 Å². The summed E-state index contributed by atoms with van der Waals surface area (Å²) in [5.41, 5.74) is -0.198. The van der Waals surface area contributed by atoms with Crippen molar-refractivity contribution in [3.8, 4) is 11.5 Å². The van der Waals surface area contributed by atoms with E-state index in [2.05, 4.69) is 0 Å². The van der Waals surface area contributed by atoms with Gasteiger partial charge in [-0.2, -0.15) is 0 Å². The van der Waals surface area contributed by atoms with E-state index >= 15 is 0 Å². The zero-order valence-electron chi connectivity index (χ0n) is 10.6. The number of hydrogen-bond acceptors (Lipinski definition) is 5. The Hall–Kier alpha value is -2.89. The number of nitrogens with zero attached hydrogens (tertiary/aromatic N) is 1. The molecule has 102 valence electrons. The average molecular weight is 273 g/mol. The number of methoxy groups -OCH3 is 1. The highest BCUT2D eigenvalue weighted by Gasteiger charge is 2.19. The van der Waals surface area contributed by atoms with Gasteiger partial charge in [0.2, 0.25) is 0 Å². The van der Waals surface area contributed by atoms with Gasteiger partial charge in [-0.1, -0.05) is 18.2 Å². The molecule has 0 saturated carbocycles. The second-order valence-corrected chi connectivity index (χ2v) is 3.84. The Kier molecular flexibility index (Phi) is 3.95. The molecule has 0 fully saturated rings. The molecule has 0 unspecified atom stereocenters. The molecule has 2 aromatic carbocycles. The van der Waals surface area contributed by atoms with Crippen LogP contribution in [0.1, 0.15) is 10.4 Å². The molecule has 20 heavy (non-hydrogen) atoms. The third kappa shape index (κ3) is 2.92. The molecular weight excluding hydrogens is 262 g/mol. The van der Waals surface area contributed by atoms with Crippen molar-refractivity contribution in [3.05, 3.63) is 64.2 Å². The number of benzene rings is 2. The number of hydrogen-bond donors (Lipinski definition) is 0. The van der Waals surface area contributed by atoms with Crippen LogP contribution in [0.4, 0.5) is 5.69 Å². The second kappa shape index (κ2) is 5.83. The summed E-state index contributed by atoms with van der Waals surface area (Å²) >= 11 is 0. The van der Waals surface area contributed by atoms with Crippen LogP contribution in [0.25, 0.3) is 0 Å². The molecule has 6 nitrogen and oxygen atoms in total. The third-order valence-corrected chi connectivity index (χ3v) is 2.57. The molecule has 0 spiro atoms. The van der Waals surface area contributed by atoms with Crippen LogP contribution in [0, 0.1) is 10.1 Å². The topological polar surface area (TPSA) is 78.7 Å². The Morgan fingerprint density at radius 1 is 1.15 bits per heavy atom. The molecule has 6 heteroatoms. The van der Waals surface area contributed by atoms with Gasteiger partial charge < -0.3 is 9.47 Å². The van der Waals surface area contributed by atoms with E-state index in [-0.39, 0.29) is 17.0 Å². The standard InChI is InChI=1S/C14H11NO5/c1-19-13-8-7-10(15(17)18)9-12(13)14(16)20-11-5-3-2-4-6-11/h2-9H,1H3. The first-order valence-electron chi connectivity index (χ1n) is 5.71. The molecule has 2 rings (SSSR count). The van der Waals surface area contributed by atoms with Crippen molar-refractivity contribution in [1.29, 1.82) is 0 Å². The Morgan fingerprint density at radius 3 is 2.45 bits per heavy atom. The number of nitro groups is 1. The van der Waals surface area contributed by atoms with Crippen molar-refractivity contribution in [3.63, 3.8) is 0 Å². The molecule has 0 heterocycles. The molecule has 0 radical (unpaired) electrons. The van der Waals surface area contributed by atoms with Gasteiger partial charge in [0.25, 0.3) is 5.69 Å². The van der Waals surface area contributed by atoms with Gasteiger partial charge in [-0.25, -0.2) is 4.79 Å². The number of esters is 1. The van der Waals surface area contributed by atoms with Gasteiger partial charge in [0.1, 0.15) is 17.1 Å². The van der Waals surface area contributed by atoms with Gasteiger partial charge in [0.05, 0.1) is 12.0 Å². The molecule has 0 aliphatic carbocycles. The number of para-hydroxylation sites is 1. The lowest BCUT2D eigenvalue weighted by atomic mass is 10.2. The highest BCUT2D eigenvalue weighted by Crippen LogP contribution is 2.25. The van der Waals surface area contributed by atoms with E-state index in [9.17, 15) is 14.9 Å². The lowest BCUT2D eigenvalue weighted by Crippen LogP contribution is -2.10. The van der Waals surface area contributed by atoms with Crippen molar-refractivity contribution in [2.75, 3.05) is 7.11 Å². The number of carbonyl (C=O) groups excluding carboxylic acids is 1. The van der Waals surface area contributed by atoms with Crippen LogP contribution in [0.15, 0.2) is 48.5 Å². The highest BCUT2D eigenvalue weighted by molar-refractivity contribution is 5.94. The molecule has 0 aromatic heterocycles. The smallest absolute Gasteiger partial charge is 0.347 e. The monoisotopic (exact) mass is 273 g/mol. The van der Waals surface area contributed by atoms with Crippen molar-refractivity contribution < 1.29 is 19.2 Å². The lowest BCUT2D eigenvalue weighted by Gasteiger charge is -2.08. The van der Waals surface area contributed by atoms with Crippen LogP contribution in [0.5, 0.6) is 11.5 Å². The minimum Gasteiger partial charge on any atom is -0.496 e. The molecule has 0 atom stereocenters. The third-order valence-electron chi connectivity index (χ3n) is 2.57. The predicted molar refractivity (Wildman–Crippen MR) is 71.0 cm³/mol. The maximum Gasteiger partial charge on any atom is 0.347 e. The summed E-state index contributed by atoms with van der Waals surface area (Å²) < 4.78 is 10.2. The fourth-order valence-corrected chi connectivity index (χ4v) is 1.62. The van der Waals surface area contributed by atoms with Crippen molar-refractivity contribution >= 4 is 11.7 Å². The van der Waals surface area contributed by atoms with E-state index in [1.54, 1.807) is 30.3 Å². The van der Waals surface area contributed by atoms with E-state index < -0.39 is 10.9 Å². The molecule has 0 amide bonds. The number of non-ortho nitro benzene ring substituents is 1. The molecule has 0 bridgehead atoms. The van der Waals surface area contributed by atoms with Crippen molar-refractivity contribution in [2.24, 2.45) is 0 Å². The molecule has 2 aromatic rings. The summed E-state index contributed by atoms with van der Waals surface area (Å²) in [6.07, 6.45) is 0. The molecule has 0 N–H and O–H groups in total. The fraction of sp³-hybridized carbons (Fsp3) is 0.0714. The largest absolute Gasteiger partial charge is 0.496 e. The van der Waals surface area contributed by atoms with Crippen LogP contribution in [0.2, 0.25) is 0 Å². The first-order chi connectivity index (χ1) is 9.61. The minimum absolute atomic E-state index is 0.00514. The Labute approximate surface area is 114 Å². The van der Waals surface area contributed by atoms with Gasteiger partial charge in [0, 0.05) is 12.1 Å². The lowest BCUT2D eigenvalue weighted by molar-refractivity contribution is -0.384. The summed E-state index contributed by atoms with van der Waals surface area (Å²) in [7, 11) is 1.38. The first kappa shape index (κ1) is 13.5. The predicted octanol–water partition coefficient (Wildman–Crippen LogP) is 2.82. The van der Waals surface area contributed by atoms with Crippen LogP contribution in [-0.2, 0) is 0 Å². The maximum atomic E-state index is 12.0. The molecule has 0 aliphatic rings. The molecule has 0 aliphatic heterocycles. The van der Waals surface area contributed by atoms with Crippen LogP contribution < -0.4 is 9.47 Å². The molecular formula is C14H11NO5. The Bertz CT molecular complexity index is 639. The molecule has 0 saturated heterocycles. The van der Waals surface area contributed by atoms with Gasteiger partial charge in [-0.05, 0) is 18.2 Å². The van der Waals surface area contributed by atoms with E-state index in [0.29, 0.717) is 5.75 Å². The summed E-state index contributed by atoms with van der Waals surface area (Å²) in [6.45, 7) is 0. The van der Waals surface area contributed by atoms with Crippen molar-refractivity contribution in [1.82, 2.24) is 0 Å². The summed E-state index contributed by atoms with van der Waals surface area (Å²) in [4.78, 5) is 22.2. The number of ether oxygens (including phenoxy) is 2. The fourth-order valence-electron chi connectivity index (χ4n) is 1.62. The summed E-state index contributed by atoms with van der Waals surface area (Å²) in [6, 6.07) is 12.2. The van der Waals surface area contributed by atoms with Gasteiger partial charge in [-0.3, -0.25) is 10.1 Å². The highest BCUT2D eigenvalue weighted by atomic mass is 16.6. The second-order valence-electron chi connectivity index (χ2n) is 3.84. The van der Waals surface area contributed by atoms with Crippen LogP contribution in [0.3, 0.4) is 0 Å². The van der Waals surface area contributed by atoms with Gasteiger partial charge in [0.15, 0.2) is 0 Å². The average Bonchev–Trinajstić information content (AvgIpc) is 2.47. The van der Waals surface area contributed by atoms with E-state index in [4.69, 9.17) is 9.47 Å². The van der Waals surface area contributed by atoms with Crippen LogP contribution in [-0.4, -0.2) is 18.0 Å². The normalized spacial score (nSPS) is 9.85. The number of nitro benzene ring substituents is 1. The summed E-state index contributed by atoms with van der Waals surface area (Å²) in [5, 5.41) is 10.7. The SMILES string of the molecule is COc1ccc([N+](=O)[O-])cc1C(=O)Oc1ccccc1. The van der Waals surface area contributed by atoms with Gasteiger partial charge in [-0.15, -0.1) is 0 Å². The van der Waals surface area contributed by atoms with Gasteiger partial charge >= 0.3 is 5.97 Å². The Balaban J connectivity index is 2.32. The minimum atomic E-state index is -0.711. The summed E-state index contributed by atoms with van der Waals surface area (Å²) in [5.74, 6) is -0.139. The van der Waals surface area contributed by atoms with Crippen molar-refractivity contribution in [2.45, 2.75) is 0 Å². The first-order valence-corrected chi connectivity index (χ1v) is 5.71. The van der Waals surface area contributed by atoms with E-state index in [0.717, 1.165) is 6.07 Å². The zero-order valence-corrected chi connectivity index (χ0v) is 10.6. The van der Waals surface area contributed by atoms with Crippen LogP contribution >= 0.6 is 0 Å².